The van der Waals surface area contributed by atoms with Crippen LogP contribution in [0.15, 0.2) is 52.6 Å². The topological polar surface area (TPSA) is 85.6 Å². The van der Waals surface area contributed by atoms with Crippen molar-refractivity contribution in [1.29, 1.82) is 0 Å². The van der Waals surface area contributed by atoms with Gasteiger partial charge in [-0.25, -0.2) is 10.4 Å². The van der Waals surface area contributed by atoms with E-state index in [9.17, 15) is 9.59 Å². The summed E-state index contributed by atoms with van der Waals surface area (Å²) >= 11 is 1.60. The van der Waals surface area contributed by atoms with Crippen molar-refractivity contribution < 1.29 is 9.53 Å². The van der Waals surface area contributed by atoms with Gasteiger partial charge in [-0.05, 0) is 55.0 Å². The molecule has 0 saturated carbocycles. The van der Waals surface area contributed by atoms with Crippen LogP contribution in [0, 0.1) is 0 Å². The predicted molar refractivity (Wildman–Crippen MR) is 131 cm³/mol. The molecule has 2 aromatic carbocycles. The fourth-order valence-electron chi connectivity index (χ4n) is 4.34. The van der Waals surface area contributed by atoms with Crippen molar-refractivity contribution in [2.24, 2.45) is 5.10 Å². The Balaban J connectivity index is 1.36. The summed E-state index contributed by atoms with van der Waals surface area (Å²) in [6.07, 6.45) is 7.18. The van der Waals surface area contributed by atoms with Crippen molar-refractivity contribution in [3.63, 3.8) is 0 Å². The summed E-state index contributed by atoms with van der Waals surface area (Å²) < 4.78 is 7.10. The first kappa shape index (κ1) is 21.3. The van der Waals surface area contributed by atoms with Crippen LogP contribution in [0.5, 0.6) is 5.75 Å². The van der Waals surface area contributed by atoms with Crippen LogP contribution >= 0.6 is 11.3 Å². The number of nitrogens with zero attached hydrogens (tertiary/aromatic N) is 3. The minimum Gasteiger partial charge on any atom is -0.493 e. The zero-order valence-corrected chi connectivity index (χ0v) is 19.2. The normalized spacial score (nSPS) is 13.5. The average Bonchev–Trinajstić information content (AvgIpc) is 3.21. The number of hydrogen-bond donors (Lipinski definition) is 1. The number of amides is 1. The number of hydrogen-bond acceptors (Lipinski definition) is 6. The summed E-state index contributed by atoms with van der Waals surface area (Å²) in [4.78, 5) is 32.1. The zero-order valence-electron chi connectivity index (χ0n) is 18.3. The van der Waals surface area contributed by atoms with Gasteiger partial charge < -0.3 is 4.74 Å². The number of aryl methyl sites for hydroxylation is 2. The molecule has 1 aliphatic rings. The molecule has 8 heteroatoms. The zero-order chi connectivity index (χ0) is 22.8. The van der Waals surface area contributed by atoms with E-state index in [1.54, 1.807) is 17.6 Å². The number of carbonyl (C=O) groups excluding carboxylic acids is 1. The van der Waals surface area contributed by atoms with Crippen LogP contribution in [0.25, 0.3) is 21.0 Å². The van der Waals surface area contributed by atoms with Crippen LogP contribution in [-0.2, 0) is 24.2 Å². The van der Waals surface area contributed by atoms with E-state index in [-0.39, 0.29) is 12.1 Å². The molecule has 0 fully saturated rings. The number of aromatic nitrogens is 2. The lowest BCUT2D eigenvalue weighted by Gasteiger charge is -2.10. The molecule has 0 unspecified atom stereocenters. The molecule has 0 atom stereocenters. The van der Waals surface area contributed by atoms with Crippen LogP contribution in [0.1, 0.15) is 35.8 Å². The Hall–Kier alpha value is -3.52. The third kappa shape index (κ3) is 4.14. The maximum atomic E-state index is 13.0. The molecular formula is C25H24N4O3S. The average molecular weight is 461 g/mol. The van der Waals surface area contributed by atoms with Crippen molar-refractivity contribution >= 4 is 44.4 Å². The van der Waals surface area contributed by atoms with E-state index in [1.807, 2.05) is 43.3 Å². The van der Waals surface area contributed by atoms with E-state index >= 15 is 0 Å². The minimum atomic E-state index is -0.392. The highest BCUT2D eigenvalue weighted by atomic mass is 32.1. The van der Waals surface area contributed by atoms with Gasteiger partial charge in [0.2, 0.25) is 0 Å². The van der Waals surface area contributed by atoms with Crippen molar-refractivity contribution in [3.05, 3.63) is 69.1 Å². The van der Waals surface area contributed by atoms with Crippen LogP contribution in [0.2, 0.25) is 0 Å². The Morgan fingerprint density at radius 1 is 1.24 bits per heavy atom. The molecule has 2 heterocycles. The molecule has 1 amide bonds. The number of ether oxygens (including phenoxy) is 1. The lowest BCUT2D eigenvalue weighted by molar-refractivity contribution is -0.121. The summed E-state index contributed by atoms with van der Waals surface area (Å²) in [5.74, 6) is 0.305. The highest BCUT2D eigenvalue weighted by Gasteiger charge is 2.20. The number of rotatable bonds is 6. The lowest BCUT2D eigenvalue weighted by atomic mass is 9.97. The third-order valence-corrected chi connectivity index (χ3v) is 7.07. The fourth-order valence-corrected chi connectivity index (χ4v) is 5.56. The Kier molecular flexibility index (Phi) is 5.92. The highest BCUT2D eigenvalue weighted by molar-refractivity contribution is 7.18. The Bertz CT molecular complexity index is 1440. The SMILES string of the molecule is CCOc1ccc2ccccc2c1/C=N/NC(=O)Cn1cnc2sc3c(c2c1=O)CCCC3. The molecule has 0 aliphatic heterocycles. The first-order valence-electron chi connectivity index (χ1n) is 11.1. The number of carbonyl (C=O) groups is 1. The van der Waals surface area contributed by atoms with Crippen LogP contribution < -0.4 is 15.7 Å². The second-order valence-corrected chi connectivity index (χ2v) is 9.08. The molecule has 2 aromatic heterocycles. The summed E-state index contributed by atoms with van der Waals surface area (Å²) in [6, 6.07) is 11.8. The van der Waals surface area contributed by atoms with Gasteiger partial charge in [-0.1, -0.05) is 30.3 Å². The van der Waals surface area contributed by atoms with Gasteiger partial charge in [-0.3, -0.25) is 14.2 Å². The molecule has 1 aliphatic carbocycles. The number of thiophene rings is 1. The standard InChI is InChI=1S/C25H24N4O3S/c1-2-32-20-12-11-16-7-3-4-8-17(16)19(20)13-27-28-22(30)14-29-15-26-24-23(25(29)31)18-9-5-6-10-21(18)33-24/h3-4,7-8,11-13,15H,2,5-6,9-10,14H2,1H3,(H,28,30)/b27-13+. The Morgan fingerprint density at radius 3 is 2.97 bits per heavy atom. The summed E-state index contributed by atoms with van der Waals surface area (Å²) in [6.45, 7) is 2.30. The molecular weight excluding hydrogens is 436 g/mol. The van der Waals surface area contributed by atoms with E-state index in [1.165, 1.54) is 15.8 Å². The van der Waals surface area contributed by atoms with Gasteiger partial charge in [0.05, 0.1) is 24.5 Å². The van der Waals surface area contributed by atoms with Gasteiger partial charge in [0.1, 0.15) is 17.1 Å². The number of fused-ring (bicyclic) bond motifs is 4. The van der Waals surface area contributed by atoms with Crippen molar-refractivity contribution in [2.45, 2.75) is 39.2 Å². The second-order valence-electron chi connectivity index (χ2n) is 7.99. The largest absolute Gasteiger partial charge is 0.493 e. The van der Waals surface area contributed by atoms with Crippen LogP contribution in [0.3, 0.4) is 0 Å². The van der Waals surface area contributed by atoms with Gasteiger partial charge in [0.25, 0.3) is 11.5 Å². The highest BCUT2D eigenvalue weighted by Crippen LogP contribution is 2.33. The summed E-state index contributed by atoms with van der Waals surface area (Å²) in [5, 5.41) is 6.85. The molecule has 168 valence electrons. The first-order chi connectivity index (χ1) is 16.2. The smallest absolute Gasteiger partial charge is 0.262 e. The monoisotopic (exact) mass is 460 g/mol. The van der Waals surface area contributed by atoms with Crippen LogP contribution in [0.4, 0.5) is 0 Å². The van der Waals surface area contributed by atoms with Gasteiger partial charge in [-0.15, -0.1) is 11.3 Å². The van der Waals surface area contributed by atoms with E-state index in [0.717, 1.165) is 52.4 Å². The van der Waals surface area contributed by atoms with Crippen molar-refractivity contribution in [1.82, 2.24) is 15.0 Å². The van der Waals surface area contributed by atoms with Crippen molar-refractivity contribution in [3.8, 4) is 5.75 Å². The van der Waals surface area contributed by atoms with Gasteiger partial charge in [0.15, 0.2) is 0 Å². The molecule has 4 aromatic rings. The molecule has 7 nitrogen and oxygen atoms in total. The maximum absolute atomic E-state index is 13.0. The van der Waals surface area contributed by atoms with E-state index in [4.69, 9.17) is 4.74 Å². The number of nitrogens with one attached hydrogen (secondary N) is 1. The fraction of sp³-hybridized carbons (Fsp3) is 0.280. The molecule has 0 bridgehead atoms. The van der Waals surface area contributed by atoms with Gasteiger partial charge in [-0.2, -0.15) is 5.10 Å². The van der Waals surface area contributed by atoms with E-state index in [0.29, 0.717) is 17.7 Å². The number of hydrazone groups is 1. The van der Waals surface area contributed by atoms with Crippen molar-refractivity contribution in [2.75, 3.05) is 6.61 Å². The van der Waals surface area contributed by atoms with E-state index in [2.05, 4.69) is 15.5 Å². The lowest BCUT2D eigenvalue weighted by Crippen LogP contribution is -2.30. The summed E-state index contributed by atoms with van der Waals surface area (Å²) in [7, 11) is 0. The molecule has 0 saturated heterocycles. The molecule has 0 radical (unpaired) electrons. The molecule has 5 rings (SSSR count). The Morgan fingerprint density at radius 2 is 2.09 bits per heavy atom. The minimum absolute atomic E-state index is 0.141. The van der Waals surface area contributed by atoms with E-state index < -0.39 is 5.91 Å². The molecule has 0 spiro atoms. The second kappa shape index (κ2) is 9.15. The first-order valence-corrected chi connectivity index (χ1v) is 11.9. The van der Waals surface area contributed by atoms with Crippen LogP contribution in [-0.4, -0.2) is 28.3 Å². The maximum Gasteiger partial charge on any atom is 0.262 e. The summed E-state index contributed by atoms with van der Waals surface area (Å²) in [5.41, 5.74) is 4.28. The number of benzene rings is 2. The molecule has 33 heavy (non-hydrogen) atoms. The molecule has 1 N–H and O–H groups in total. The Labute approximate surface area is 194 Å². The van der Waals surface area contributed by atoms with Gasteiger partial charge >= 0.3 is 0 Å². The predicted octanol–water partition coefficient (Wildman–Crippen LogP) is 4.04. The quantitative estimate of drug-likeness (QED) is 0.348. The van der Waals surface area contributed by atoms with Gasteiger partial charge in [0, 0.05) is 10.4 Å². The third-order valence-electron chi connectivity index (χ3n) is 5.87.